The monoisotopic (exact) mass is 215 g/mol. The largest absolute Gasteiger partial charge is 0.335 e. The van der Waals surface area contributed by atoms with Crippen LogP contribution in [0.1, 0.15) is 48.4 Å². The van der Waals surface area contributed by atoms with Crippen LogP contribution in [-0.4, -0.2) is 17.4 Å². The molecule has 0 aromatic heterocycles. The third kappa shape index (κ3) is 1.22. The van der Waals surface area contributed by atoms with Crippen LogP contribution in [0.3, 0.4) is 0 Å². The molecule has 1 aromatic rings. The van der Waals surface area contributed by atoms with Crippen molar-refractivity contribution in [1.29, 1.82) is 0 Å². The molecule has 2 heteroatoms. The fraction of sp³-hybridized carbons (Fsp3) is 0.500. The molecule has 0 aliphatic carbocycles. The standard InChI is InChI=1S/C14H17NO/c1-9-5-6-11-10(2)14(16)15-7-3-4-13(15)12(11)8-9/h5-6,8,10,13H,3-4,7H2,1-2H3. The SMILES string of the molecule is Cc1ccc2c(c1)C1CCCN1C(=O)C2C. The molecular weight excluding hydrogens is 198 g/mol. The van der Waals surface area contributed by atoms with E-state index in [2.05, 4.69) is 30.0 Å². The lowest BCUT2D eigenvalue weighted by Crippen LogP contribution is -2.38. The van der Waals surface area contributed by atoms with Gasteiger partial charge in [-0.3, -0.25) is 4.79 Å². The van der Waals surface area contributed by atoms with Crippen molar-refractivity contribution in [3.63, 3.8) is 0 Å². The number of carbonyl (C=O) groups excluding carboxylic acids is 1. The van der Waals surface area contributed by atoms with E-state index in [9.17, 15) is 4.79 Å². The van der Waals surface area contributed by atoms with Crippen molar-refractivity contribution in [3.8, 4) is 0 Å². The lowest BCUT2D eigenvalue weighted by atomic mass is 9.85. The molecule has 84 valence electrons. The summed E-state index contributed by atoms with van der Waals surface area (Å²) in [5.74, 6) is 0.365. The van der Waals surface area contributed by atoms with Crippen LogP contribution in [0.4, 0.5) is 0 Å². The van der Waals surface area contributed by atoms with Gasteiger partial charge in [-0.25, -0.2) is 0 Å². The first-order valence-electron chi connectivity index (χ1n) is 6.09. The molecule has 2 nitrogen and oxygen atoms in total. The van der Waals surface area contributed by atoms with E-state index in [0.29, 0.717) is 11.9 Å². The number of nitrogens with zero attached hydrogens (tertiary/aromatic N) is 1. The van der Waals surface area contributed by atoms with Gasteiger partial charge in [-0.15, -0.1) is 0 Å². The maximum atomic E-state index is 12.2. The quantitative estimate of drug-likeness (QED) is 0.651. The van der Waals surface area contributed by atoms with Gasteiger partial charge in [0, 0.05) is 6.54 Å². The number of amides is 1. The van der Waals surface area contributed by atoms with E-state index in [1.54, 1.807) is 0 Å². The van der Waals surface area contributed by atoms with Gasteiger partial charge in [-0.1, -0.05) is 23.8 Å². The van der Waals surface area contributed by atoms with Crippen LogP contribution in [0.15, 0.2) is 18.2 Å². The average Bonchev–Trinajstić information content (AvgIpc) is 2.75. The molecule has 3 rings (SSSR count). The highest BCUT2D eigenvalue weighted by molar-refractivity contribution is 5.86. The maximum absolute atomic E-state index is 12.2. The van der Waals surface area contributed by atoms with Gasteiger partial charge in [0.05, 0.1) is 12.0 Å². The Bertz CT molecular complexity index is 452. The highest BCUT2D eigenvalue weighted by Gasteiger charge is 2.39. The van der Waals surface area contributed by atoms with Gasteiger partial charge in [0.25, 0.3) is 0 Å². The van der Waals surface area contributed by atoms with Crippen molar-refractivity contribution in [3.05, 3.63) is 34.9 Å². The smallest absolute Gasteiger partial charge is 0.230 e. The average molecular weight is 215 g/mol. The Morgan fingerprint density at radius 1 is 1.31 bits per heavy atom. The number of hydrogen-bond acceptors (Lipinski definition) is 1. The first-order chi connectivity index (χ1) is 7.68. The van der Waals surface area contributed by atoms with Crippen LogP contribution >= 0.6 is 0 Å². The van der Waals surface area contributed by atoms with Crippen LogP contribution in [-0.2, 0) is 4.79 Å². The second kappa shape index (κ2) is 3.34. The van der Waals surface area contributed by atoms with Gasteiger partial charge >= 0.3 is 0 Å². The van der Waals surface area contributed by atoms with Crippen LogP contribution < -0.4 is 0 Å². The van der Waals surface area contributed by atoms with Crippen LogP contribution in [0.2, 0.25) is 0 Å². The molecule has 0 saturated carbocycles. The minimum absolute atomic E-state index is 0.0462. The number of rotatable bonds is 0. The normalized spacial score (nSPS) is 27.9. The van der Waals surface area contributed by atoms with Crippen LogP contribution in [0, 0.1) is 6.92 Å². The Labute approximate surface area is 96.3 Å². The Morgan fingerprint density at radius 2 is 2.12 bits per heavy atom. The van der Waals surface area contributed by atoms with Gasteiger partial charge in [-0.05, 0) is 37.8 Å². The number of aryl methyl sites for hydroxylation is 1. The molecule has 16 heavy (non-hydrogen) atoms. The minimum Gasteiger partial charge on any atom is -0.335 e. The van der Waals surface area contributed by atoms with Gasteiger partial charge in [0.15, 0.2) is 0 Å². The fourth-order valence-electron chi connectivity index (χ4n) is 3.11. The van der Waals surface area contributed by atoms with E-state index < -0.39 is 0 Å². The van der Waals surface area contributed by atoms with Crippen molar-refractivity contribution in [2.75, 3.05) is 6.54 Å². The van der Waals surface area contributed by atoms with E-state index in [1.807, 2.05) is 6.92 Å². The Kier molecular flexibility index (Phi) is 2.06. The molecule has 0 radical (unpaired) electrons. The molecule has 2 unspecified atom stereocenters. The summed E-state index contributed by atoms with van der Waals surface area (Å²) in [7, 11) is 0. The second-order valence-electron chi connectivity index (χ2n) is 5.04. The van der Waals surface area contributed by atoms with E-state index in [4.69, 9.17) is 0 Å². The lowest BCUT2D eigenvalue weighted by molar-refractivity contribution is -0.134. The first-order valence-corrected chi connectivity index (χ1v) is 6.09. The maximum Gasteiger partial charge on any atom is 0.230 e. The van der Waals surface area contributed by atoms with Gasteiger partial charge < -0.3 is 4.90 Å². The van der Waals surface area contributed by atoms with Gasteiger partial charge in [0.1, 0.15) is 0 Å². The van der Waals surface area contributed by atoms with Crippen LogP contribution in [0.25, 0.3) is 0 Å². The number of carbonyl (C=O) groups is 1. The fourth-order valence-corrected chi connectivity index (χ4v) is 3.11. The summed E-state index contributed by atoms with van der Waals surface area (Å²) in [6.07, 6.45) is 2.28. The minimum atomic E-state index is 0.0462. The molecule has 2 heterocycles. The summed E-state index contributed by atoms with van der Waals surface area (Å²) in [6, 6.07) is 6.88. The summed E-state index contributed by atoms with van der Waals surface area (Å²) in [4.78, 5) is 14.3. The molecule has 1 amide bonds. The Balaban J connectivity index is 2.17. The zero-order valence-corrected chi connectivity index (χ0v) is 9.86. The molecule has 1 aromatic carbocycles. The van der Waals surface area contributed by atoms with Crippen molar-refractivity contribution < 1.29 is 4.79 Å². The first kappa shape index (κ1) is 9.88. The predicted molar refractivity (Wildman–Crippen MR) is 63.3 cm³/mol. The molecule has 1 fully saturated rings. The Morgan fingerprint density at radius 3 is 2.94 bits per heavy atom. The lowest BCUT2D eigenvalue weighted by Gasteiger charge is -2.35. The van der Waals surface area contributed by atoms with Gasteiger partial charge in [-0.2, -0.15) is 0 Å². The molecule has 2 aliphatic heterocycles. The summed E-state index contributed by atoms with van der Waals surface area (Å²) < 4.78 is 0. The van der Waals surface area contributed by atoms with E-state index >= 15 is 0 Å². The van der Waals surface area contributed by atoms with Crippen molar-refractivity contribution in [1.82, 2.24) is 4.90 Å². The van der Waals surface area contributed by atoms with Crippen molar-refractivity contribution >= 4 is 5.91 Å². The third-order valence-electron chi connectivity index (χ3n) is 3.97. The summed E-state index contributed by atoms with van der Waals surface area (Å²) in [5, 5.41) is 0. The topological polar surface area (TPSA) is 20.3 Å². The highest BCUT2D eigenvalue weighted by atomic mass is 16.2. The van der Waals surface area contributed by atoms with E-state index in [1.165, 1.54) is 16.7 Å². The summed E-state index contributed by atoms with van der Waals surface area (Å²) in [6.45, 7) is 5.10. The summed E-state index contributed by atoms with van der Waals surface area (Å²) >= 11 is 0. The predicted octanol–water partition coefficient (Wildman–Crippen LogP) is 2.78. The molecule has 1 saturated heterocycles. The van der Waals surface area contributed by atoms with E-state index in [-0.39, 0.29) is 5.92 Å². The molecule has 0 N–H and O–H groups in total. The Hall–Kier alpha value is -1.31. The van der Waals surface area contributed by atoms with E-state index in [0.717, 1.165) is 19.4 Å². The van der Waals surface area contributed by atoms with Crippen LogP contribution in [0.5, 0.6) is 0 Å². The molecule has 2 aliphatic rings. The van der Waals surface area contributed by atoms with Crippen molar-refractivity contribution in [2.45, 2.75) is 38.6 Å². The van der Waals surface area contributed by atoms with Gasteiger partial charge in [0.2, 0.25) is 5.91 Å². The molecule has 0 bridgehead atoms. The highest BCUT2D eigenvalue weighted by Crippen LogP contribution is 2.42. The second-order valence-corrected chi connectivity index (χ2v) is 5.04. The number of benzene rings is 1. The zero-order chi connectivity index (χ0) is 11.3. The van der Waals surface area contributed by atoms with Crippen molar-refractivity contribution in [2.24, 2.45) is 0 Å². The molecule has 0 spiro atoms. The number of hydrogen-bond donors (Lipinski definition) is 0. The summed E-state index contributed by atoms with van der Waals surface area (Å²) in [5.41, 5.74) is 3.94. The number of fused-ring (bicyclic) bond motifs is 3. The molecular formula is C14H17NO. The molecule has 2 atom stereocenters. The zero-order valence-electron chi connectivity index (χ0n) is 9.86. The third-order valence-corrected chi connectivity index (χ3v) is 3.97.